The normalized spacial score (nSPS) is 10.0. The predicted octanol–water partition coefficient (Wildman–Crippen LogP) is 2.40. The highest BCUT2D eigenvalue weighted by Gasteiger charge is 2.02. The number of carbonyl (C=O) groups is 1. The third-order valence-electron chi connectivity index (χ3n) is 2.68. The van der Waals surface area contributed by atoms with Gasteiger partial charge in [0.05, 0.1) is 5.69 Å². The van der Waals surface area contributed by atoms with Crippen molar-refractivity contribution in [2.75, 3.05) is 11.6 Å². The standard InChI is InChI=1S/C15H16N2O/c18-13-17(15-9-5-2-6-10-15)16-12-11-14-7-3-1-4-8-14/h1-10,13,16H,11-12H2. The lowest BCUT2D eigenvalue weighted by molar-refractivity contribution is -0.108. The number of anilines is 1. The van der Waals surface area contributed by atoms with E-state index in [2.05, 4.69) is 17.6 Å². The molecule has 92 valence electrons. The monoisotopic (exact) mass is 240 g/mol. The lowest BCUT2D eigenvalue weighted by Gasteiger charge is -2.18. The third-order valence-corrected chi connectivity index (χ3v) is 2.68. The highest BCUT2D eigenvalue weighted by molar-refractivity contribution is 5.73. The molecule has 2 rings (SSSR count). The van der Waals surface area contributed by atoms with E-state index in [4.69, 9.17) is 0 Å². The average molecular weight is 240 g/mol. The second-order valence-corrected chi connectivity index (χ2v) is 3.95. The molecule has 3 heteroatoms. The molecule has 0 fully saturated rings. The third kappa shape index (κ3) is 3.43. The molecule has 3 nitrogen and oxygen atoms in total. The van der Waals surface area contributed by atoms with E-state index in [-0.39, 0.29) is 0 Å². The SMILES string of the molecule is O=CN(NCCc1ccccc1)c1ccccc1. The van der Waals surface area contributed by atoms with Crippen molar-refractivity contribution in [3.63, 3.8) is 0 Å². The fourth-order valence-corrected chi connectivity index (χ4v) is 1.74. The summed E-state index contributed by atoms with van der Waals surface area (Å²) in [6, 6.07) is 19.7. The second-order valence-electron chi connectivity index (χ2n) is 3.95. The molecule has 0 radical (unpaired) electrons. The number of hydrazine groups is 1. The van der Waals surface area contributed by atoms with Crippen LogP contribution in [0.3, 0.4) is 0 Å². The van der Waals surface area contributed by atoms with Crippen LogP contribution in [-0.4, -0.2) is 13.0 Å². The summed E-state index contributed by atoms with van der Waals surface area (Å²) in [5.41, 5.74) is 5.20. The van der Waals surface area contributed by atoms with Crippen LogP contribution in [0.25, 0.3) is 0 Å². The molecule has 0 aliphatic heterocycles. The molecule has 0 aliphatic carbocycles. The Morgan fingerprint density at radius 3 is 2.17 bits per heavy atom. The van der Waals surface area contributed by atoms with Gasteiger partial charge in [0.2, 0.25) is 6.41 Å². The number of hydrogen-bond donors (Lipinski definition) is 1. The number of amides is 1. The van der Waals surface area contributed by atoms with Crippen LogP contribution < -0.4 is 10.4 Å². The van der Waals surface area contributed by atoms with E-state index >= 15 is 0 Å². The molecular formula is C15H16N2O. The van der Waals surface area contributed by atoms with Crippen molar-refractivity contribution < 1.29 is 4.79 Å². The molecule has 2 aromatic rings. The van der Waals surface area contributed by atoms with Crippen LogP contribution in [0, 0.1) is 0 Å². The van der Waals surface area contributed by atoms with Crippen molar-refractivity contribution in [1.82, 2.24) is 5.43 Å². The van der Waals surface area contributed by atoms with E-state index in [0.717, 1.165) is 25.1 Å². The van der Waals surface area contributed by atoms with Gasteiger partial charge >= 0.3 is 0 Å². The van der Waals surface area contributed by atoms with Gasteiger partial charge in [-0.15, -0.1) is 0 Å². The van der Waals surface area contributed by atoms with Crippen LogP contribution in [0.1, 0.15) is 5.56 Å². The summed E-state index contributed by atoms with van der Waals surface area (Å²) in [6.07, 6.45) is 1.68. The minimum atomic E-state index is 0.720. The van der Waals surface area contributed by atoms with Gasteiger partial charge in [0.15, 0.2) is 0 Å². The van der Waals surface area contributed by atoms with Gasteiger partial charge in [-0.25, -0.2) is 10.4 Å². The van der Waals surface area contributed by atoms with E-state index in [1.165, 1.54) is 10.6 Å². The molecule has 1 N–H and O–H groups in total. The Morgan fingerprint density at radius 1 is 0.944 bits per heavy atom. The largest absolute Gasteiger partial charge is 0.277 e. The molecular weight excluding hydrogens is 224 g/mol. The van der Waals surface area contributed by atoms with Crippen molar-refractivity contribution >= 4 is 12.1 Å². The fourth-order valence-electron chi connectivity index (χ4n) is 1.74. The molecule has 0 aliphatic rings. The molecule has 0 unspecified atom stereocenters. The summed E-state index contributed by atoms with van der Waals surface area (Å²) in [5.74, 6) is 0. The van der Waals surface area contributed by atoms with Crippen LogP contribution in [0.15, 0.2) is 60.7 Å². The zero-order valence-electron chi connectivity index (χ0n) is 10.1. The van der Waals surface area contributed by atoms with Gasteiger partial charge in [-0.2, -0.15) is 0 Å². The first kappa shape index (κ1) is 12.3. The number of carbonyl (C=O) groups excluding carboxylic acids is 1. The van der Waals surface area contributed by atoms with Gasteiger partial charge in [-0.3, -0.25) is 4.79 Å². The van der Waals surface area contributed by atoms with E-state index in [9.17, 15) is 4.79 Å². The summed E-state index contributed by atoms with van der Waals surface area (Å²) in [5, 5.41) is 1.50. The molecule has 0 saturated carbocycles. The Balaban J connectivity index is 1.87. The van der Waals surface area contributed by atoms with Crippen LogP contribution in [0.5, 0.6) is 0 Å². The zero-order valence-corrected chi connectivity index (χ0v) is 10.1. The summed E-state index contributed by atoms with van der Waals surface area (Å²) in [7, 11) is 0. The van der Waals surface area contributed by atoms with E-state index in [1.807, 2.05) is 48.5 Å². The maximum atomic E-state index is 11.0. The topological polar surface area (TPSA) is 32.3 Å². The lowest BCUT2D eigenvalue weighted by Crippen LogP contribution is -2.38. The number of nitrogens with zero attached hydrogens (tertiary/aromatic N) is 1. The molecule has 0 atom stereocenters. The Hall–Kier alpha value is -2.13. The van der Waals surface area contributed by atoms with Crippen molar-refractivity contribution in [2.45, 2.75) is 6.42 Å². The maximum absolute atomic E-state index is 11.0. The minimum absolute atomic E-state index is 0.720. The van der Waals surface area contributed by atoms with Gasteiger partial charge in [-0.05, 0) is 24.1 Å². The van der Waals surface area contributed by atoms with Crippen LogP contribution in [0.4, 0.5) is 5.69 Å². The Labute approximate surface area is 107 Å². The van der Waals surface area contributed by atoms with Gasteiger partial charge in [0.1, 0.15) is 0 Å². The maximum Gasteiger partial charge on any atom is 0.228 e. The Kier molecular flexibility index (Phi) is 4.50. The lowest BCUT2D eigenvalue weighted by atomic mass is 10.2. The zero-order chi connectivity index (χ0) is 12.6. The van der Waals surface area contributed by atoms with E-state index < -0.39 is 0 Å². The molecule has 0 spiro atoms. The molecule has 0 aromatic heterocycles. The predicted molar refractivity (Wildman–Crippen MR) is 73.1 cm³/mol. The number of para-hydroxylation sites is 1. The van der Waals surface area contributed by atoms with Crippen LogP contribution >= 0.6 is 0 Å². The van der Waals surface area contributed by atoms with Gasteiger partial charge < -0.3 is 0 Å². The second kappa shape index (κ2) is 6.57. The van der Waals surface area contributed by atoms with Crippen LogP contribution in [-0.2, 0) is 11.2 Å². The number of rotatable bonds is 6. The molecule has 0 bridgehead atoms. The van der Waals surface area contributed by atoms with Crippen molar-refractivity contribution in [3.05, 3.63) is 66.2 Å². The average Bonchev–Trinajstić information content (AvgIpc) is 2.46. The van der Waals surface area contributed by atoms with Gasteiger partial charge in [-0.1, -0.05) is 48.5 Å². The molecule has 0 saturated heterocycles. The Bertz CT molecular complexity index is 470. The van der Waals surface area contributed by atoms with Crippen molar-refractivity contribution in [2.24, 2.45) is 0 Å². The number of hydrogen-bond acceptors (Lipinski definition) is 2. The molecule has 18 heavy (non-hydrogen) atoms. The number of nitrogens with one attached hydrogen (secondary N) is 1. The highest BCUT2D eigenvalue weighted by atomic mass is 16.1. The van der Waals surface area contributed by atoms with Crippen molar-refractivity contribution in [1.29, 1.82) is 0 Å². The molecule has 2 aromatic carbocycles. The minimum Gasteiger partial charge on any atom is -0.277 e. The van der Waals surface area contributed by atoms with Gasteiger partial charge in [0, 0.05) is 6.54 Å². The van der Waals surface area contributed by atoms with Crippen molar-refractivity contribution in [3.8, 4) is 0 Å². The van der Waals surface area contributed by atoms with Crippen LogP contribution in [0.2, 0.25) is 0 Å². The molecule has 0 heterocycles. The first-order chi connectivity index (χ1) is 8.90. The summed E-state index contributed by atoms with van der Waals surface area (Å²) >= 11 is 0. The molecule has 1 amide bonds. The van der Waals surface area contributed by atoms with E-state index in [1.54, 1.807) is 0 Å². The van der Waals surface area contributed by atoms with E-state index in [0.29, 0.717) is 0 Å². The first-order valence-electron chi connectivity index (χ1n) is 5.97. The van der Waals surface area contributed by atoms with Gasteiger partial charge in [0.25, 0.3) is 0 Å². The quantitative estimate of drug-likeness (QED) is 0.621. The smallest absolute Gasteiger partial charge is 0.228 e. The fraction of sp³-hybridized carbons (Fsp3) is 0.133. The summed E-state index contributed by atoms with van der Waals surface area (Å²) in [4.78, 5) is 11.0. The first-order valence-corrected chi connectivity index (χ1v) is 5.97. The number of benzene rings is 2. The summed E-state index contributed by atoms with van der Waals surface area (Å²) < 4.78 is 0. The highest BCUT2D eigenvalue weighted by Crippen LogP contribution is 2.08. The Morgan fingerprint density at radius 2 is 1.56 bits per heavy atom. The summed E-state index contributed by atoms with van der Waals surface area (Å²) in [6.45, 7) is 0.720.